The second kappa shape index (κ2) is 4.22. The fourth-order valence-electron chi connectivity index (χ4n) is 1.47. The van der Waals surface area contributed by atoms with Gasteiger partial charge in [0.1, 0.15) is 11.4 Å². The molecule has 88 valence electrons. The van der Waals surface area contributed by atoms with Crippen molar-refractivity contribution in [1.82, 2.24) is 4.90 Å². The average molecular weight is 225 g/mol. The molecule has 1 N–H and O–H groups in total. The summed E-state index contributed by atoms with van der Waals surface area (Å²) in [6.45, 7) is 3.20. The Balaban J connectivity index is 3.33. The summed E-state index contributed by atoms with van der Waals surface area (Å²) in [5.74, 6) is -1.38. The molecule has 0 spiro atoms. The molecule has 1 aromatic rings. The van der Waals surface area contributed by atoms with Crippen LogP contribution in [0.5, 0.6) is 0 Å². The third-order valence-electron chi connectivity index (χ3n) is 3.04. The number of hydrogen-bond acceptors (Lipinski definition) is 2. The molecule has 0 aliphatic rings. The Hall–Kier alpha value is -1.42. The van der Waals surface area contributed by atoms with Crippen LogP contribution in [0.15, 0.2) is 18.2 Å². The molecule has 1 unspecified atom stereocenters. The van der Waals surface area contributed by atoms with Gasteiger partial charge in [-0.25, -0.2) is 9.18 Å². The second-order valence-corrected chi connectivity index (χ2v) is 4.24. The number of rotatable bonds is 3. The van der Waals surface area contributed by atoms with Crippen molar-refractivity contribution in [3.05, 3.63) is 35.1 Å². The molecule has 0 heterocycles. The molecule has 16 heavy (non-hydrogen) atoms. The normalized spacial score (nSPS) is 14.9. The molecule has 0 aromatic heterocycles. The first-order valence-electron chi connectivity index (χ1n) is 4.97. The molecule has 0 aliphatic carbocycles. The van der Waals surface area contributed by atoms with E-state index in [0.29, 0.717) is 11.1 Å². The van der Waals surface area contributed by atoms with Crippen LogP contribution in [0.3, 0.4) is 0 Å². The highest BCUT2D eigenvalue weighted by Crippen LogP contribution is 2.27. The standard InChI is InChI=1S/C12H16FNO2/c1-8-5-6-9(7-10(8)13)12(2,11(15)16)14(3)4/h5-7H,1-4H3,(H,15,16). The van der Waals surface area contributed by atoms with E-state index in [0.717, 1.165) is 0 Å². The van der Waals surface area contributed by atoms with Crippen LogP contribution in [0.2, 0.25) is 0 Å². The van der Waals surface area contributed by atoms with Crippen molar-refractivity contribution in [3.8, 4) is 0 Å². The monoisotopic (exact) mass is 225 g/mol. The van der Waals surface area contributed by atoms with Gasteiger partial charge in [0, 0.05) is 0 Å². The highest BCUT2D eigenvalue weighted by atomic mass is 19.1. The molecule has 4 heteroatoms. The number of carboxylic acids is 1. The predicted octanol–water partition coefficient (Wildman–Crippen LogP) is 2.00. The lowest BCUT2D eigenvalue weighted by Crippen LogP contribution is -2.45. The quantitative estimate of drug-likeness (QED) is 0.855. The molecule has 0 amide bonds. The number of carboxylic acid groups (broad SMARTS) is 1. The summed E-state index contributed by atoms with van der Waals surface area (Å²) in [6.07, 6.45) is 0. The van der Waals surface area contributed by atoms with Crippen LogP contribution < -0.4 is 0 Å². The molecule has 3 nitrogen and oxygen atoms in total. The molecule has 0 aliphatic heterocycles. The van der Waals surface area contributed by atoms with Gasteiger partial charge < -0.3 is 5.11 Å². The Kier molecular flexibility index (Phi) is 3.33. The minimum atomic E-state index is -1.21. The van der Waals surface area contributed by atoms with Crippen molar-refractivity contribution in [2.45, 2.75) is 19.4 Å². The lowest BCUT2D eigenvalue weighted by Gasteiger charge is -2.32. The first kappa shape index (κ1) is 12.6. The van der Waals surface area contributed by atoms with Crippen LogP contribution in [0.4, 0.5) is 4.39 Å². The summed E-state index contributed by atoms with van der Waals surface area (Å²) in [5, 5.41) is 9.25. The van der Waals surface area contributed by atoms with E-state index in [-0.39, 0.29) is 5.82 Å². The number of aliphatic carboxylic acids is 1. The number of likely N-dealkylation sites (N-methyl/N-ethyl adjacent to an activating group) is 1. The van der Waals surface area contributed by atoms with Gasteiger partial charge in [0.25, 0.3) is 0 Å². The Morgan fingerprint density at radius 1 is 1.44 bits per heavy atom. The highest BCUT2D eigenvalue weighted by molar-refractivity contribution is 5.80. The minimum Gasteiger partial charge on any atom is -0.480 e. The number of aryl methyl sites for hydroxylation is 1. The molecule has 1 aromatic carbocycles. The molecule has 1 rings (SSSR count). The largest absolute Gasteiger partial charge is 0.480 e. The number of halogens is 1. The molecular formula is C12H16FNO2. The second-order valence-electron chi connectivity index (χ2n) is 4.24. The van der Waals surface area contributed by atoms with Gasteiger partial charge in [-0.15, -0.1) is 0 Å². The van der Waals surface area contributed by atoms with E-state index >= 15 is 0 Å². The maximum absolute atomic E-state index is 13.4. The van der Waals surface area contributed by atoms with Crippen LogP contribution in [-0.4, -0.2) is 30.1 Å². The summed E-state index contributed by atoms with van der Waals surface area (Å²) in [4.78, 5) is 12.9. The number of nitrogens with zero attached hydrogens (tertiary/aromatic N) is 1. The Morgan fingerprint density at radius 3 is 2.38 bits per heavy atom. The zero-order valence-electron chi connectivity index (χ0n) is 9.91. The first-order valence-corrected chi connectivity index (χ1v) is 4.97. The van der Waals surface area contributed by atoms with Crippen molar-refractivity contribution in [2.24, 2.45) is 0 Å². The fourth-order valence-corrected chi connectivity index (χ4v) is 1.47. The van der Waals surface area contributed by atoms with Crippen LogP contribution in [0.25, 0.3) is 0 Å². The Morgan fingerprint density at radius 2 is 2.00 bits per heavy atom. The van der Waals surface area contributed by atoms with E-state index < -0.39 is 11.5 Å². The van der Waals surface area contributed by atoms with Gasteiger partial charge in [-0.05, 0) is 45.1 Å². The molecule has 0 radical (unpaired) electrons. The number of benzene rings is 1. The summed E-state index contributed by atoms with van der Waals surface area (Å²) in [5.41, 5.74) is -0.266. The van der Waals surface area contributed by atoms with Crippen molar-refractivity contribution >= 4 is 5.97 Å². The summed E-state index contributed by atoms with van der Waals surface area (Å²) in [7, 11) is 3.32. The van der Waals surface area contributed by atoms with E-state index in [9.17, 15) is 14.3 Å². The van der Waals surface area contributed by atoms with Crippen LogP contribution in [0, 0.1) is 12.7 Å². The number of hydrogen-bond donors (Lipinski definition) is 1. The topological polar surface area (TPSA) is 40.5 Å². The minimum absolute atomic E-state index is 0.383. The maximum atomic E-state index is 13.4. The third-order valence-corrected chi connectivity index (χ3v) is 3.04. The van der Waals surface area contributed by atoms with Crippen molar-refractivity contribution in [2.75, 3.05) is 14.1 Å². The SMILES string of the molecule is Cc1ccc(C(C)(C(=O)O)N(C)C)cc1F. The van der Waals surface area contributed by atoms with Crippen LogP contribution in [0.1, 0.15) is 18.1 Å². The fraction of sp³-hybridized carbons (Fsp3) is 0.417. The highest BCUT2D eigenvalue weighted by Gasteiger charge is 2.37. The van der Waals surface area contributed by atoms with Gasteiger partial charge in [-0.1, -0.05) is 12.1 Å². The van der Waals surface area contributed by atoms with Gasteiger partial charge in [-0.2, -0.15) is 0 Å². The Labute approximate surface area is 94.5 Å². The molecule has 0 bridgehead atoms. The predicted molar refractivity (Wildman–Crippen MR) is 59.8 cm³/mol. The first-order chi connectivity index (χ1) is 7.30. The molecule has 0 saturated carbocycles. The van der Waals surface area contributed by atoms with Crippen LogP contribution in [-0.2, 0) is 10.3 Å². The Bertz CT molecular complexity index is 417. The molecule has 1 atom stereocenters. The van der Waals surface area contributed by atoms with E-state index in [4.69, 9.17) is 0 Å². The molecule has 0 saturated heterocycles. The van der Waals surface area contributed by atoms with Crippen molar-refractivity contribution in [1.29, 1.82) is 0 Å². The maximum Gasteiger partial charge on any atom is 0.328 e. The van der Waals surface area contributed by atoms with Gasteiger partial charge in [-0.3, -0.25) is 4.90 Å². The third kappa shape index (κ3) is 1.93. The van der Waals surface area contributed by atoms with Gasteiger partial charge in [0.15, 0.2) is 0 Å². The summed E-state index contributed by atoms with van der Waals surface area (Å²) in [6, 6.07) is 4.52. The molecule has 0 fully saturated rings. The lowest BCUT2D eigenvalue weighted by molar-refractivity contribution is -0.149. The van der Waals surface area contributed by atoms with E-state index in [2.05, 4.69) is 0 Å². The van der Waals surface area contributed by atoms with Crippen molar-refractivity contribution < 1.29 is 14.3 Å². The lowest BCUT2D eigenvalue weighted by atomic mass is 9.90. The number of carbonyl (C=O) groups is 1. The van der Waals surface area contributed by atoms with E-state index in [1.54, 1.807) is 45.0 Å². The van der Waals surface area contributed by atoms with Crippen LogP contribution >= 0.6 is 0 Å². The zero-order chi connectivity index (χ0) is 12.5. The average Bonchev–Trinajstić information content (AvgIpc) is 2.20. The smallest absolute Gasteiger partial charge is 0.328 e. The zero-order valence-corrected chi connectivity index (χ0v) is 9.91. The van der Waals surface area contributed by atoms with E-state index in [1.165, 1.54) is 6.07 Å². The molecular weight excluding hydrogens is 209 g/mol. The van der Waals surface area contributed by atoms with Crippen molar-refractivity contribution in [3.63, 3.8) is 0 Å². The van der Waals surface area contributed by atoms with E-state index in [1.807, 2.05) is 0 Å². The van der Waals surface area contributed by atoms with Gasteiger partial charge in [0.2, 0.25) is 0 Å². The summed E-state index contributed by atoms with van der Waals surface area (Å²) >= 11 is 0. The summed E-state index contributed by atoms with van der Waals surface area (Å²) < 4.78 is 13.4. The van der Waals surface area contributed by atoms with Gasteiger partial charge in [0.05, 0.1) is 0 Å². The van der Waals surface area contributed by atoms with Gasteiger partial charge >= 0.3 is 5.97 Å².